The molecule has 0 amide bonds. The highest BCUT2D eigenvalue weighted by molar-refractivity contribution is 9.10. The topological polar surface area (TPSA) is 56.5 Å². The Hall–Kier alpha value is -0.780. The molecule has 0 bridgehead atoms. The van der Waals surface area contributed by atoms with Crippen molar-refractivity contribution in [1.82, 2.24) is 5.43 Å². The lowest BCUT2D eigenvalue weighted by Crippen LogP contribution is -2.21. The quantitative estimate of drug-likeness (QED) is 0.636. The molecule has 1 aromatic rings. The molecule has 3 N–H and O–H groups in total. The van der Waals surface area contributed by atoms with E-state index < -0.39 is 0 Å². The van der Waals surface area contributed by atoms with Crippen molar-refractivity contribution in [2.24, 2.45) is 5.84 Å². The number of rotatable bonds is 4. The summed E-state index contributed by atoms with van der Waals surface area (Å²) in [6, 6.07) is 3.73. The minimum atomic E-state index is 0.535. The van der Waals surface area contributed by atoms with Crippen LogP contribution in [0.2, 0.25) is 0 Å². The maximum absolute atomic E-state index is 5.26. The number of nitrogens with two attached hydrogens (primary N) is 1. The summed E-state index contributed by atoms with van der Waals surface area (Å²) in [5, 5.41) is 0. The zero-order valence-electron chi connectivity index (χ0n) is 8.13. The molecule has 0 aliphatic carbocycles. The van der Waals surface area contributed by atoms with Crippen molar-refractivity contribution in [2.45, 2.75) is 6.54 Å². The van der Waals surface area contributed by atoms with Gasteiger partial charge in [0, 0.05) is 12.1 Å². The minimum absolute atomic E-state index is 0.535. The van der Waals surface area contributed by atoms with Crippen LogP contribution >= 0.6 is 15.9 Å². The third-order valence-electron chi connectivity index (χ3n) is 1.85. The summed E-state index contributed by atoms with van der Waals surface area (Å²) in [6.45, 7) is 0.535. The van der Waals surface area contributed by atoms with Crippen LogP contribution in [0.4, 0.5) is 0 Å². The first-order valence-electron chi connectivity index (χ1n) is 4.06. The summed E-state index contributed by atoms with van der Waals surface area (Å²) in [7, 11) is 3.24. The summed E-state index contributed by atoms with van der Waals surface area (Å²) in [6.07, 6.45) is 0. The first kappa shape index (κ1) is 11.3. The van der Waals surface area contributed by atoms with Crippen molar-refractivity contribution in [3.05, 3.63) is 22.2 Å². The van der Waals surface area contributed by atoms with Crippen LogP contribution in [-0.4, -0.2) is 14.2 Å². The van der Waals surface area contributed by atoms with E-state index in [1.54, 1.807) is 14.2 Å². The van der Waals surface area contributed by atoms with Crippen LogP contribution in [0.3, 0.4) is 0 Å². The van der Waals surface area contributed by atoms with Crippen molar-refractivity contribution >= 4 is 15.9 Å². The summed E-state index contributed by atoms with van der Waals surface area (Å²) >= 11 is 3.38. The fourth-order valence-electron chi connectivity index (χ4n) is 1.17. The molecular weight excluding hydrogens is 248 g/mol. The van der Waals surface area contributed by atoms with Crippen LogP contribution in [0.5, 0.6) is 11.5 Å². The van der Waals surface area contributed by atoms with Crippen molar-refractivity contribution in [3.63, 3.8) is 0 Å². The molecule has 4 nitrogen and oxygen atoms in total. The highest BCUT2D eigenvalue weighted by Crippen LogP contribution is 2.32. The lowest BCUT2D eigenvalue weighted by molar-refractivity contribution is 0.395. The van der Waals surface area contributed by atoms with E-state index in [1.807, 2.05) is 12.1 Å². The van der Waals surface area contributed by atoms with Gasteiger partial charge in [0.1, 0.15) is 11.5 Å². The van der Waals surface area contributed by atoms with Crippen molar-refractivity contribution in [3.8, 4) is 11.5 Å². The summed E-state index contributed by atoms with van der Waals surface area (Å²) in [5.41, 5.74) is 3.53. The third-order valence-corrected chi connectivity index (χ3v) is 2.47. The number of hydrazine groups is 1. The van der Waals surface area contributed by atoms with Crippen LogP contribution in [0.25, 0.3) is 0 Å². The van der Waals surface area contributed by atoms with Gasteiger partial charge in [-0.15, -0.1) is 0 Å². The SMILES string of the molecule is COc1cc(CNN)c(OC)cc1Br. The number of hydrogen-bond acceptors (Lipinski definition) is 4. The Bertz CT molecular complexity index is 318. The van der Waals surface area contributed by atoms with Gasteiger partial charge in [-0.2, -0.15) is 0 Å². The maximum Gasteiger partial charge on any atom is 0.133 e. The first-order chi connectivity index (χ1) is 6.72. The fraction of sp³-hybridized carbons (Fsp3) is 0.333. The Kier molecular flexibility index (Phi) is 4.19. The molecule has 0 aliphatic rings. The molecule has 0 aromatic heterocycles. The summed E-state index contributed by atoms with van der Waals surface area (Å²) < 4.78 is 11.2. The van der Waals surface area contributed by atoms with Gasteiger partial charge >= 0.3 is 0 Å². The lowest BCUT2D eigenvalue weighted by atomic mass is 10.2. The van der Waals surface area contributed by atoms with E-state index in [4.69, 9.17) is 15.3 Å². The van der Waals surface area contributed by atoms with Gasteiger partial charge in [0.25, 0.3) is 0 Å². The molecule has 5 heteroatoms. The van der Waals surface area contributed by atoms with Crippen LogP contribution in [0.1, 0.15) is 5.56 Å². The second kappa shape index (κ2) is 5.19. The van der Waals surface area contributed by atoms with Gasteiger partial charge in [-0.05, 0) is 28.1 Å². The van der Waals surface area contributed by atoms with E-state index in [9.17, 15) is 0 Å². The molecule has 0 unspecified atom stereocenters. The highest BCUT2D eigenvalue weighted by Gasteiger charge is 2.08. The van der Waals surface area contributed by atoms with Crippen molar-refractivity contribution < 1.29 is 9.47 Å². The molecule has 0 heterocycles. The monoisotopic (exact) mass is 260 g/mol. The van der Waals surface area contributed by atoms with Crippen LogP contribution in [0, 0.1) is 0 Å². The number of halogens is 1. The number of nitrogens with one attached hydrogen (secondary N) is 1. The Morgan fingerprint density at radius 3 is 2.43 bits per heavy atom. The molecule has 14 heavy (non-hydrogen) atoms. The molecule has 78 valence electrons. The highest BCUT2D eigenvalue weighted by atomic mass is 79.9. The van der Waals surface area contributed by atoms with E-state index >= 15 is 0 Å². The van der Waals surface area contributed by atoms with Crippen LogP contribution in [0.15, 0.2) is 16.6 Å². The van der Waals surface area contributed by atoms with Crippen LogP contribution < -0.4 is 20.7 Å². The molecule has 1 rings (SSSR count). The molecule has 0 radical (unpaired) electrons. The first-order valence-corrected chi connectivity index (χ1v) is 4.86. The van der Waals surface area contributed by atoms with E-state index in [-0.39, 0.29) is 0 Å². The molecular formula is C9H13BrN2O2. The molecule has 0 saturated carbocycles. The molecule has 1 aromatic carbocycles. The second-order valence-electron chi connectivity index (χ2n) is 2.68. The smallest absolute Gasteiger partial charge is 0.133 e. The Morgan fingerprint density at radius 2 is 1.93 bits per heavy atom. The fourth-order valence-corrected chi connectivity index (χ4v) is 1.66. The van der Waals surface area contributed by atoms with Crippen molar-refractivity contribution in [2.75, 3.05) is 14.2 Å². The number of hydrogen-bond donors (Lipinski definition) is 2. The number of methoxy groups -OCH3 is 2. The molecule has 0 fully saturated rings. The second-order valence-corrected chi connectivity index (χ2v) is 3.53. The Balaban J connectivity index is 3.11. The van der Waals surface area contributed by atoms with E-state index in [0.717, 1.165) is 21.5 Å². The average Bonchev–Trinajstić information content (AvgIpc) is 2.20. The number of ether oxygens (including phenoxy) is 2. The summed E-state index contributed by atoms with van der Waals surface area (Å²) in [4.78, 5) is 0. The minimum Gasteiger partial charge on any atom is -0.496 e. The standard InChI is InChI=1S/C9H13BrN2O2/c1-13-8-4-7(10)9(14-2)3-6(8)5-12-11/h3-4,12H,5,11H2,1-2H3. The van der Waals surface area contributed by atoms with Gasteiger partial charge in [-0.3, -0.25) is 11.3 Å². The molecule has 0 spiro atoms. The Labute approximate surface area is 91.5 Å². The maximum atomic E-state index is 5.26. The van der Waals surface area contributed by atoms with E-state index in [2.05, 4.69) is 21.4 Å². The van der Waals surface area contributed by atoms with Gasteiger partial charge in [0.2, 0.25) is 0 Å². The third kappa shape index (κ3) is 2.37. The van der Waals surface area contributed by atoms with Gasteiger partial charge in [-0.25, -0.2) is 0 Å². The predicted octanol–water partition coefficient (Wildman–Crippen LogP) is 1.43. The predicted molar refractivity (Wildman–Crippen MR) is 58.3 cm³/mol. The van der Waals surface area contributed by atoms with Gasteiger partial charge < -0.3 is 9.47 Å². The largest absolute Gasteiger partial charge is 0.496 e. The van der Waals surface area contributed by atoms with E-state index in [1.165, 1.54) is 0 Å². The van der Waals surface area contributed by atoms with Gasteiger partial charge in [0.15, 0.2) is 0 Å². The number of benzene rings is 1. The molecule has 0 saturated heterocycles. The van der Waals surface area contributed by atoms with Gasteiger partial charge in [0.05, 0.1) is 18.7 Å². The average molecular weight is 261 g/mol. The zero-order valence-corrected chi connectivity index (χ0v) is 9.72. The zero-order chi connectivity index (χ0) is 10.6. The normalized spacial score (nSPS) is 10.0. The molecule has 0 aliphatic heterocycles. The molecule has 0 atom stereocenters. The van der Waals surface area contributed by atoms with Crippen molar-refractivity contribution in [1.29, 1.82) is 0 Å². The lowest BCUT2D eigenvalue weighted by Gasteiger charge is -2.11. The van der Waals surface area contributed by atoms with E-state index in [0.29, 0.717) is 6.54 Å². The van der Waals surface area contributed by atoms with Gasteiger partial charge in [-0.1, -0.05) is 0 Å². The Morgan fingerprint density at radius 1 is 1.29 bits per heavy atom. The summed E-state index contributed by atoms with van der Waals surface area (Å²) in [5.74, 6) is 6.79. The van der Waals surface area contributed by atoms with Crippen LogP contribution in [-0.2, 0) is 6.54 Å².